The highest BCUT2D eigenvalue weighted by molar-refractivity contribution is 5.94. The number of rotatable bonds is 3. The molecule has 0 aromatic heterocycles. The number of carbonyl (C=O) groups is 1. The average Bonchev–Trinajstić information content (AvgIpc) is 2.78. The van der Waals surface area contributed by atoms with Crippen molar-refractivity contribution in [2.45, 2.75) is 19.9 Å². The lowest BCUT2D eigenvalue weighted by atomic mass is 10.0. The molecule has 2 unspecified atom stereocenters. The molecule has 2 rings (SSSR count). The fourth-order valence-corrected chi connectivity index (χ4v) is 2.24. The molecule has 1 fully saturated rings. The van der Waals surface area contributed by atoms with Crippen LogP contribution in [0.4, 0.5) is 11.4 Å². The number of anilines is 1. The minimum atomic E-state index is -0.463. The summed E-state index contributed by atoms with van der Waals surface area (Å²) in [5.74, 6) is -0.689. The number of ether oxygens (including phenoxy) is 1. The maximum Gasteiger partial charge on any atom is 0.274 e. The minimum absolute atomic E-state index is 0.0159. The number of nitrogens with one attached hydrogen (secondary N) is 1. The second-order valence-corrected chi connectivity index (χ2v) is 5.01. The molecule has 0 bridgehead atoms. The molecule has 7 heteroatoms. The van der Waals surface area contributed by atoms with Crippen LogP contribution in [0.1, 0.15) is 11.1 Å². The van der Waals surface area contributed by atoms with E-state index in [1.165, 1.54) is 6.07 Å². The molecule has 1 heterocycles. The van der Waals surface area contributed by atoms with Crippen LogP contribution in [0, 0.1) is 29.9 Å². The average molecular weight is 279 g/mol. The van der Waals surface area contributed by atoms with Gasteiger partial charge in [0, 0.05) is 17.7 Å². The number of hydrogen-bond donors (Lipinski definition) is 2. The van der Waals surface area contributed by atoms with Gasteiger partial charge in [0.05, 0.1) is 29.7 Å². The number of nitrogens with two attached hydrogens (primary N) is 1. The number of hydrogen-bond acceptors (Lipinski definition) is 5. The Bertz CT molecular complexity index is 559. The second kappa shape index (κ2) is 5.56. The van der Waals surface area contributed by atoms with Gasteiger partial charge in [-0.25, -0.2) is 0 Å². The second-order valence-electron chi connectivity index (χ2n) is 5.01. The largest absolute Gasteiger partial charge is 0.379 e. The van der Waals surface area contributed by atoms with Gasteiger partial charge in [0.2, 0.25) is 5.91 Å². The van der Waals surface area contributed by atoms with Gasteiger partial charge in [-0.3, -0.25) is 14.9 Å². The number of nitrogens with zero attached hydrogens (tertiary/aromatic N) is 1. The Labute approximate surface area is 116 Å². The van der Waals surface area contributed by atoms with Crippen LogP contribution in [0.5, 0.6) is 0 Å². The molecule has 1 aliphatic heterocycles. The first-order valence-electron chi connectivity index (χ1n) is 6.30. The lowest BCUT2D eigenvalue weighted by Gasteiger charge is -2.15. The van der Waals surface area contributed by atoms with Crippen LogP contribution in [-0.2, 0) is 9.53 Å². The van der Waals surface area contributed by atoms with Crippen LogP contribution in [0.3, 0.4) is 0 Å². The molecule has 1 aliphatic rings. The summed E-state index contributed by atoms with van der Waals surface area (Å²) in [4.78, 5) is 22.6. The van der Waals surface area contributed by atoms with Crippen LogP contribution in [0.25, 0.3) is 0 Å². The third-order valence-electron chi connectivity index (χ3n) is 3.46. The molecule has 20 heavy (non-hydrogen) atoms. The van der Waals surface area contributed by atoms with Gasteiger partial charge in [-0.1, -0.05) is 0 Å². The third-order valence-corrected chi connectivity index (χ3v) is 3.46. The van der Waals surface area contributed by atoms with E-state index >= 15 is 0 Å². The number of amides is 1. The molecule has 0 saturated carbocycles. The summed E-state index contributed by atoms with van der Waals surface area (Å²) in [6, 6.07) is 2.72. The Hall–Kier alpha value is -1.99. The first kappa shape index (κ1) is 14.4. The summed E-state index contributed by atoms with van der Waals surface area (Å²) in [7, 11) is 0. The van der Waals surface area contributed by atoms with Gasteiger partial charge in [0.25, 0.3) is 5.69 Å². The molecular weight excluding hydrogens is 262 g/mol. The SMILES string of the molecule is Cc1cc(C)c([N+](=O)[O-])cc1NC(=O)C1COCC1N. The van der Waals surface area contributed by atoms with Crippen molar-refractivity contribution < 1.29 is 14.5 Å². The highest BCUT2D eigenvalue weighted by Crippen LogP contribution is 2.27. The van der Waals surface area contributed by atoms with Crippen molar-refractivity contribution in [2.75, 3.05) is 18.5 Å². The molecule has 0 radical (unpaired) electrons. The molecule has 3 N–H and O–H groups in total. The Morgan fingerprint density at radius 1 is 1.40 bits per heavy atom. The van der Waals surface area contributed by atoms with Crippen LogP contribution in [0.15, 0.2) is 12.1 Å². The van der Waals surface area contributed by atoms with Crippen molar-refractivity contribution in [3.05, 3.63) is 33.4 Å². The molecule has 0 spiro atoms. The van der Waals surface area contributed by atoms with E-state index in [-0.39, 0.29) is 24.2 Å². The topological polar surface area (TPSA) is 107 Å². The van der Waals surface area contributed by atoms with Crippen molar-refractivity contribution in [1.29, 1.82) is 0 Å². The number of aryl methyl sites for hydroxylation is 2. The van der Waals surface area contributed by atoms with E-state index in [0.717, 1.165) is 5.56 Å². The Kier molecular flexibility index (Phi) is 4.01. The Balaban J connectivity index is 2.22. The van der Waals surface area contributed by atoms with E-state index < -0.39 is 10.8 Å². The zero-order valence-electron chi connectivity index (χ0n) is 11.4. The van der Waals surface area contributed by atoms with Gasteiger partial charge < -0.3 is 15.8 Å². The van der Waals surface area contributed by atoms with Crippen LogP contribution in [-0.4, -0.2) is 30.1 Å². The minimum Gasteiger partial charge on any atom is -0.379 e. The molecule has 1 aromatic rings. The predicted octanol–water partition coefficient (Wildman–Crippen LogP) is 1.12. The number of nitro groups is 1. The van der Waals surface area contributed by atoms with Crippen LogP contribution < -0.4 is 11.1 Å². The fourth-order valence-electron chi connectivity index (χ4n) is 2.24. The Morgan fingerprint density at radius 2 is 2.10 bits per heavy atom. The number of carbonyl (C=O) groups excluding carboxylic acids is 1. The Morgan fingerprint density at radius 3 is 2.65 bits per heavy atom. The van der Waals surface area contributed by atoms with Gasteiger partial charge in [-0.2, -0.15) is 0 Å². The van der Waals surface area contributed by atoms with Gasteiger partial charge in [-0.15, -0.1) is 0 Å². The zero-order valence-corrected chi connectivity index (χ0v) is 11.4. The normalized spacial score (nSPS) is 21.8. The number of nitro benzene ring substituents is 1. The summed E-state index contributed by atoms with van der Waals surface area (Å²) < 4.78 is 5.15. The number of benzene rings is 1. The molecule has 1 saturated heterocycles. The van der Waals surface area contributed by atoms with Crippen LogP contribution in [0.2, 0.25) is 0 Å². The quantitative estimate of drug-likeness (QED) is 0.637. The molecular formula is C13H17N3O4. The summed E-state index contributed by atoms with van der Waals surface area (Å²) in [6.07, 6.45) is 0. The van der Waals surface area contributed by atoms with E-state index in [1.807, 2.05) is 0 Å². The van der Waals surface area contributed by atoms with Gasteiger partial charge >= 0.3 is 0 Å². The lowest BCUT2D eigenvalue weighted by molar-refractivity contribution is -0.385. The maximum atomic E-state index is 12.1. The molecule has 0 aliphatic carbocycles. The van der Waals surface area contributed by atoms with E-state index in [4.69, 9.17) is 10.5 Å². The van der Waals surface area contributed by atoms with Gasteiger partial charge in [0.15, 0.2) is 0 Å². The molecule has 1 amide bonds. The molecule has 2 atom stereocenters. The van der Waals surface area contributed by atoms with Crippen molar-refractivity contribution in [3.8, 4) is 0 Å². The van der Waals surface area contributed by atoms with Gasteiger partial charge in [0.1, 0.15) is 0 Å². The summed E-state index contributed by atoms with van der Waals surface area (Å²) >= 11 is 0. The monoisotopic (exact) mass is 279 g/mol. The van der Waals surface area contributed by atoms with Crippen LogP contribution >= 0.6 is 0 Å². The maximum absolute atomic E-state index is 12.1. The summed E-state index contributed by atoms with van der Waals surface area (Å²) in [5, 5.41) is 13.6. The highest BCUT2D eigenvalue weighted by atomic mass is 16.6. The van der Waals surface area contributed by atoms with Crippen molar-refractivity contribution in [1.82, 2.24) is 0 Å². The van der Waals surface area contributed by atoms with Crippen molar-refractivity contribution >= 4 is 17.3 Å². The van der Waals surface area contributed by atoms with Crippen molar-refractivity contribution in [2.24, 2.45) is 11.7 Å². The molecule has 7 nitrogen and oxygen atoms in total. The first-order chi connectivity index (χ1) is 9.40. The first-order valence-corrected chi connectivity index (χ1v) is 6.30. The van der Waals surface area contributed by atoms with Gasteiger partial charge in [-0.05, 0) is 25.5 Å². The van der Waals surface area contributed by atoms with Crippen molar-refractivity contribution in [3.63, 3.8) is 0 Å². The summed E-state index contributed by atoms with van der Waals surface area (Å²) in [5.41, 5.74) is 7.53. The third kappa shape index (κ3) is 2.78. The fraction of sp³-hybridized carbons (Fsp3) is 0.462. The van der Waals surface area contributed by atoms with E-state index in [0.29, 0.717) is 17.9 Å². The highest BCUT2D eigenvalue weighted by Gasteiger charge is 2.31. The molecule has 1 aromatic carbocycles. The lowest BCUT2D eigenvalue weighted by Crippen LogP contribution is -2.37. The summed E-state index contributed by atoms with van der Waals surface area (Å²) in [6.45, 7) is 4.08. The standard InChI is InChI=1S/C13H17N3O4/c1-7-3-8(2)12(16(18)19)4-11(7)15-13(17)9-5-20-6-10(9)14/h3-4,9-10H,5-6,14H2,1-2H3,(H,15,17). The van der Waals surface area contributed by atoms with E-state index in [1.54, 1.807) is 19.9 Å². The smallest absolute Gasteiger partial charge is 0.274 e. The predicted molar refractivity (Wildman–Crippen MR) is 73.5 cm³/mol. The van der Waals surface area contributed by atoms with E-state index in [2.05, 4.69) is 5.32 Å². The van der Waals surface area contributed by atoms with E-state index in [9.17, 15) is 14.9 Å². The molecule has 108 valence electrons. The zero-order chi connectivity index (χ0) is 14.9.